The van der Waals surface area contributed by atoms with Crippen LogP contribution in [0.4, 0.5) is 0 Å². The monoisotopic (exact) mass is 263 g/mol. The second-order valence-electron chi connectivity index (χ2n) is 4.65. The summed E-state index contributed by atoms with van der Waals surface area (Å²) in [6.45, 7) is 4.92. The maximum Gasteiger partial charge on any atom is 0.212 e. The molecule has 0 bridgehead atoms. The Bertz CT molecular complexity index is 306. The van der Waals surface area contributed by atoms with Crippen LogP contribution in [0, 0.1) is 0 Å². The van der Waals surface area contributed by atoms with Crippen LogP contribution in [-0.2, 0) is 10.0 Å². The van der Waals surface area contributed by atoms with Gasteiger partial charge in [0, 0.05) is 19.1 Å². The zero-order chi connectivity index (χ0) is 12.7. The molecule has 5 nitrogen and oxygen atoms in total. The molecule has 1 unspecified atom stereocenters. The van der Waals surface area contributed by atoms with Crippen molar-refractivity contribution in [3.8, 4) is 0 Å². The van der Waals surface area contributed by atoms with Gasteiger partial charge in [-0.15, -0.1) is 0 Å². The van der Waals surface area contributed by atoms with Gasteiger partial charge in [0.05, 0.1) is 5.75 Å². The van der Waals surface area contributed by atoms with Gasteiger partial charge in [-0.25, -0.2) is 13.1 Å². The molecule has 17 heavy (non-hydrogen) atoms. The average Bonchev–Trinajstić information content (AvgIpc) is 2.28. The second-order valence-corrected chi connectivity index (χ2v) is 6.58. The van der Waals surface area contributed by atoms with Gasteiger partial charge in [-0.3, -0.25) is 0 Å². The van der Waals surface area contributed by atoms with E-state index in [2.05, 4.69) is 22.0 Å². The maximum atomic E-state index is 11.7. The van der Waals surface area contributed by atoms with Crippen molar-refractivity contribution in [3.05, 3.63) is 0 Å². The van der Waals surface area contributed by atoms with Gasteiger partial charge in [0.2, 0.25) is 10.0 Å². The number of likely N-dealkylation sites (tertiary alicyclic amines) is 1. The quantitative estimate of drug-likeness (QED) is 0.635. The largest absolute Gasteiger partial charge is 0.316 e. The molecule has 1 fully saturated rings. The summed E-state index contributed by atoms with van der Waals surface area (Å²) in [5.41, 5.74) is 0. The Morgan fingerprint density at radius 2 is 2.12 bits per heavy atom. The highest BCUT2D eigenvalue weighted by atomic mass is 32.2. The van der Waals surface area contributed by atoms with Crippen molar-refractivity contribution in [2.45, 2.75) is 32.2 Å². The topological polar surface area (TPSA) is 61.4 Å². The Hall–Kier alpha value is -0.170. The van der Waals surface area contributed by atoms with E-state index in [1.54, 1.807) is 0 Å². The Balaban J connectivity index is 2.28. The number of likely N-dealkylation sites (N-methyl/N-ethyl adjacent to an activating group) is 1. The fraction of sp³-hybridized carbons (Fsp3) is 1.00. The summed E-state index contributed by atoms with van der Waals surface area (Å²) >= 11 is 0. The van der Waals surface area contributed by atoms with E-state index in [4.69, 9.17) is 0 Å². The molecule has 1 saturated heterocycles. The normalized spacial score (nSPS) is 22.8. The highest BCUT2D eigenvalue weighted by Gasteiger charge is 2.20. The van der Waals surface area contributed by atoms with Gasteiger partial charge < -0.3 is 10.2 Å². The van der Waals surface area contributed by atoms with Crippen LogP contribution in [0.2, 0.25) is 0 Å². The number of sulfonamides is 1. The first-order valence-corrected chi connectivity index (χ1v) is 8.08. The van der Waals surface area contributed by atoms with E-state index in [1.807, 2.05) is 6.92 Å². The molecule has 0 aromatic carbocycles. The zero-order valence-corrected chi connectivity index (χ0v) is 11.7. The van der Waals surface area contributed by atoms with Crippen molar-refractivity contribution in [1.82, 2.24) is 14.9 Å². The lowest BCUT2D eigenvalue weighted by Gasteiger charge is -2.32. The molecule has 1 atom stereocenters. The van der Waals surface area contributed by atoms with Crippen LogP contribution in [0.3, 0.4) is 0 Å². The van der Waals surface area contributed by atoms with Gasteiger partial charge in [-0.2, -0.15) is 0 Å². The number of hydrogen-bond acceptors (Lipinski definition) is 4. The molecule has 0 spiro atoms. The van der Waals surface area contributed by atoms with Crippen molar-refractivity contribution < 1.29 is 8.42 Å². The third kappa shape index (κ3) is 5.81. The molecule has 1 rings (SSSR count). The fourth-order valence-electron chi connectivity index (χ4n) is 2.08. The number of nitrogens with zero attached hydrogens (tertiary/aromatic N) is 1. The molecular weight excluding hydrogens is 238 g/mol. The van der Waals surface area contributed by atoms with Crippen molar-refractivity contribution in [2.75, 3.05) is 39.0 Å². The van der Waals surface area contributed by atoms with Gasteiger partial charge in [-0.05, 0) is 33.0 Å². The van der Waals surface area contributed by atoms with Crippen LogP contribution in [-0.4, -0.2) is 58.3 Å². The first-order chi connectivity index (χ1) is 8.05. The average molecular weight is 263 g/mol. The molecule has 1 aliphatic heterocycles. The smallest absolute Gasteiger partial charge is 0.212 e. The summed E-state index contributed by atoms with van der Waals surface area (Å²) < 4.78 is 26.1. The zero-order valence-electron chi connectivity index (χ0n) is 10.9. The van der Waals surface area contributed by atoms with E-state index < -0.39 is 10.0 Å². The molecule has 1 aliphatic rings. The molecule has 0 saturated carbocycles. The summed E-state index contributed by atoms with van der Waals surface area (Å²) in [5.74, 6) is 0.164. The molecule has 0 aromatic heterocycles. The minimum Gasteiger partial charge on any atom is -0.316 e. The highest BCUT2D eigenvalue weighted by Crippen LogP contribution is 2.14. The predicted octanol–water partition coefficient (Wildman–Crippen LogP) is -0.000400. The molecule has 0 amide bonds. The lowest BCUT2D eigenvalue weighted by atomic mass is 10.0. The molecule has 2 N–H and O–H groups in total. The third-order valence-corrected chi connectivity index (χ3v) is 4.61. The second kappa shape index (κ2) is 7.31. The Kier molecular flexibility index (Phi) is 6.40. The SMILES string of the molecule is CCNCCS(=O)(=O)NCC1CCCCN1C. The van der Waals surface area contributed by atoms with Crippen LogP contribution in [0.15, 0.2) is 0 Å². The number of rotatable bonds is 7. The molecule has 0 radical (unpaired) electrons. The summed E-state index contributed by atoms with van der Waals surface area (Å²) in [4.78, 5) is 2.25. The molecule has 0 aliphatic carbocycles. The highest BCUT2D eigenvalue weighted by molar-refractivity contribution is 7.89. The predicted molar refractivity (Wildman–Crippen MR) is 70.6 cm³/mol. The van der Waals surface area contributed by atoms with Crippen LogP contribution < -0.4 is 10.0 Å². The van der Waals surface area contributed by atoms with Gasteiger partial charge >= 0.3 is 0 Å². The van der Waals surface area contributed by atoms with E-state index in [9.17, 15) is 8.42 Å². The van der Waals surface area contributed by atoms with E-state index in [0.717, 1.165) is 19.5 Å². The molecular formula is C11H25N3O2S. The summed E-state index contributed by atoms with van der Waals surface area (Å²) in [5, 5.41) is 3.02. The first kappa shape index (κ1) is 14.9. The van der Waals surface area contributed by atoms with Crippen LogP contribution >= 0.6 is 0 Å². The first-order valence-electron chi connectivity index (χ1n) is 6.43. The van der Waals surface area contributed by atoms with E-state index in [1.165, 1.54) is 12.8 Å². The standard InChI is InChI=1S/C11H25N3O2S/c1-3-12-7-9-17(15,16)13-10-11-6-4-5-8-14(11)2/h11-13H,3-10H2,1-2H3. The van der Waals surface area contributed by atoms with Crippen molar-refractivity contribution in [3.63, 3.8) is 0 Å². The Labute approximate surface area is 105 Å². The van der Waals surface area contributed by atoms with E-state index >= 15 is 0 Å². The van der Waals surface area contributed by atoms with Gasteiger partial charge in [0.25, 0.3) is 0 Å². The number of hydrogen-bond donors (Lipinski definition) is 2. The Morgan fingerprint density at radius 1 is 1.35 bits per heavy atom. The molecule has 102 valence electrons. The fourth-order valence-corrected chi connectivity index (χ4v) is 3.08. The number of piperidine rings is 1. The van der Waals surface area contributed by atoms with Crippen molar-refractivity contribution >= 4 is 10.0 Å². The molecule has 1 heterocycles. The third-order valence-electron chi connectivity index (χ3n) is 3.26. The van der Waals surface area contributed by atoms with Gasteiger partial charge in [-0.1, -0.05) is 13.3 Å². The van der Waals surface area contributed by atoms with Gasteiger partial charge in [0.15, 0.2) is 0 Å². The summed E-state index contributed by atoms with van der Waals surface area (Å²) in [7, 11) is -1.05. The van der Waals surface area contributed by atoms with Gasteiger partial charge in [0.1, 0.15) is 0 Å². The minimum atomic E-state index is -3.12. The lowest BCUT2D eigenvalue weighted by molar-refractivity contribution is 0.187. The van der Waals surface area contributed by atoms with E-state index in [-0.39, 0.29) is 5.75 Å². The van der Waals surface area contributed by atoms with Crippen molar-refractivity contribution in [2.24, 2.45) is 0 Å². The number of nitrogens with one attached hydrogen (secondary N) is 2. The minimum absolute atomic E-state index is 0.164. The maximum absolute atomic E-state index is 11.7. The van der Waals surface area contributed by atoms with Crippen LogP contribution in [0.25, 0.3) is 0 Å². The summed E-state index contributed by atoms with van der Waals surface area (Å²) in [6.07, 6.45) is 3.51. The summed E-state index contributed by atoms with van der Waals surface area (Å²) in [6, 6.07) is 0.359. The molecule has 6 heteroatoms. The van der Waals surface area contributed by atoms with Crippen LogP contribution in [0.1, 0.15) is 26.2 Å². The Morgan fingerprint density at radius 3 is 2.76 bits per heavy atom. The lowest BCUT2D eigenvalue weighted by Crippen LogP contribution is -2.45. The van der Waals surface area contributed by atoms with Crippen LogP contribution in [0.5, 0.6) is 0 Å². The van der Waals surface area contributed by atoms with E-state index in [0.29, 0.717) is 19.1 Å². The molecule has 0 aromatic rings. The van der Waals surface area contributed by atoms with Crippen molar-refractivity contribution in [1.29, 1.82) is 0 Å².